The second-order valence-electron chi connectivity index (χ2n) is 4.43. The molecule has 2 bridgehead atoms. The third-order valence-electron chi connectivity index (χ3n) is 3.45. The Morgan fingerprint density at radius 1 is 1.38 bits per heavy atom. The summed E-state index contributed by atoms with van der Waals surface area (Å²) in [6, 6.07) is 0. The van der Waals surface area contributed by atoms with E-state index in [2.05, 4.69) is 6.92 Å². The Labute approximate surface area is 79.7 Å². The molecule has 0 aromatic heterocycles. The molecule has 13 heavy (non-hydrogen) atoms. The predicted octanol–water partition coefficient (Wildman–Crippen LogP) is 2.52. The maximum Gasteiger partial charge on any atom is 0.309 e. The highest BCUT2D eigenvalue weighted by atomic mass is 16.5. The van der Waals surface area contributed by atoms with Gasteiger partial charge < -0.3 is 4.74 Å². The zero-order valence-corrected chi connectivity index (χ0v) is 8.29. The van der Waals surface area contributed by atoms with Gasteiger partial charge in [-0.1, -0.05) is 19.8 Å². The third kappa shape index (κ3) is 1.87. The van der Waals surface area contributed by atoms with Crippen LogP contribution in [-0.2, 0) is 9.53 Å². The minimum atomic E-state index is 0.0778. The van der Waals surface area contributed by atoms with Gasteiger partial charge in [-0.2, -0.15) is 0 Å². The van der Waals surface area contributed by atoms with Crippen LogP contribution in [0.4, 0.5) is 0 Å². The van der Waals surface area contributed by atoms with Crippen molar-refractivity contribution >= 4 is 5.97 Å². The van der Waals surface area contributed by atoms with E-state index in [0.29, 0.717) is 0 Å². The molecule has 1 heterocycles. The lowest BCUT2D eigenvalue weighted by molar-refractivity contribution is -0.152. The lowest BCUT2D eigenvalue weighted by Gasteiger charge is -2.23. The van der Waals surface area contributed by atoms with E-state index in [1.807, 2.05) is 0 Å². The van der Waals surface area contributed by atoms with Crippen LogP contribution in [-0.4, -0.2) is 12.1 Å². The molecule has 74 valence electrons. The van der Waals surface area contributed by atoms with E-state index in [9.17, 15) is 4.79 Å². The fraction of sp³-hybridized carbons (Fsp3) is 0.909. The Bertz CT molecular complexity index is 200. The van der Waals surface area contributed by atoms with Gasteiger partial charge in [-0.05, 0) is 31.6 Å². The summed E-state index contributed by atoms with van der Waals surface area (Å²) in [5.41, 5.74) is 0. The van der Waals surface area contributed by atoms with Crippen molar-refractivity contribution in [1.29, 1.82) is 0 Å². The first-order valence-corrected chi connectivity index (χ1v) is 5.50. The molecule has 3 unspecified atom stereocenters. The largest absolute Gasteiger partial charge is 0.462 e. The van der Waals surface area contributed by atoms with Gasteiger partial charge in [0.25, 0.3) is 0 Å². The molecule has 0 aromatic carbocycles. The number of hydrogen-bond donors (Lipinski definition) is 0. The van der Waals surface area contributed by atoms with Crippen LogP contribution < -0.4 is 0 Å². The zero-order valence-electron chi connectivity index (χ0n) is 8.29. The van der Waals surface area contributed by atoms with E-state index < -0.39 is 0 Å². The van der Waals surface area contributed by atoms with Gasteiger partial charge >= 0.3 is 5.97 Å². The normalized spacial score (nSPS) is 39.5. The zero-order chi connectivity index (χ0) is 9.26. The molecule has 2 nitrogen and oxygen atoms in total. The molecule has 0 radical (unpaired) electrons. The standard InChI is InChI=1S/C11H18O2/c1-2-10-7-8-4-3-5-9(6-8)11(12)13-10/h8-10H,2-7H2,1H3. The van der Waals surface area contributed by atoms with Crippen LogP contribution in [0.5, 0.6) is 0 Å². The van der Waals surface area contributed by atoms with E-state index in [1.54, 1.807) is 0 Å². The second kappa shape index (κ2) is 3.69. The first-order chi connectivity index (χ1) is 6.29. The van der Waals surface area contributed by atoms with Gasteiger partial charge in [0.15, 0.2) is 0 Å². The number of fused-ring (bicyclic) bond motifs is 2. The van der Waals surface area contributed by atoms with Gasteiger partial charge in [0.2, 0.25) is 0 Å². The highest BCUT2D eigenvalue weighted by Crippen LogP contribution is 2.36. The second-order valence-corrected chi connectivity index (χ2v) is 4.43. The third-order valence-corrected chi connectivity index (χ3v) is 3.45. The average molecular weight is 182 g/mol. The number of esters is 1. The van der Waals surface area contributed by atoms with Gasteiger partial charge in [0, 0.05) is 0 Å². The number of cyclic esters (lactones) is 1. The van der Waals surface area contributed by atoms with E-state index >= 15 is 0 Å². The highest BCUT2D eigenvalue weighted by Gasteiger charge is 2.34. The lowest BCUT2D eigenvalue weighted by atomic mass is 9.80. The Kier molecular flexibility index (Phi) is 2.56. The van der Waals surface area contributed by atoms with Crippen molar-refractivity contribution < 1.29 is 9.53 Å². The molecule has 1 aliphatic heterocycles. The summed E-state index contributed by atoms with van der Waals surface area (Å²) in [4.78, 5) is 11.6. The SMILES string of the molecule is CCC1CC2CCCC(C2)C(=O)O1. The molecule has 3 atom stereocenters. The summed E-state index contributed by atoms with van der Waals surface area (Å²) in [5.74, 6) is 1.07. The molecule has 0 aromatic rings. The van der Waals surface area contributed by atoms with Crippen molar-refractivity contribution in [1.82, 2.24) is 0 Å². The van der Waals surface area contributed by atoms with E-state index in [0.717, 1.165) is 31.6 Å². The molecule has 2 fully saturated rings. The van der Waals surface area contributed by atoms with Crippen LogP contribution in [0, 0.1) is 11.8 Å². The van der Waals surface area contributed by atoms with Crippen LogP contribution in [0.15, 0.2) is 0 Å². The quantitative estimate of drug-likeness (QED) is 0.582. The smallest absolute Gasteiger partial charge is 0.309 e. The van der Waals surface area contributed by atoms with Gasteiger partial charge in [0.05, 0.1) is 5.92 Å². The van der Waals surface area contributed by atoms with E-state index in [4.69, 9.17) is 4.74 Å². The van der Waals surface area contributed by atoms with Gasteiger partial charge in [0.1, 0.15) is 6.10 Å². The molecular weight excluding hydrogens is 164 g/mol. The summed E-state index contributed by atoms with van der Waals surface area (Å²) >= 11 is 0. The van der Waals surface area contributed by atoms with Crippen molar-refractivity contribution in [2.24, 2.45) is 11.8 Å². The first-order valence-electron chi connectivity index (χ1n) is 5.50. The number of carbonyl (C=O) groups excluding carboxylic acids is 1. The minimum Gasteiger partial charge on any atom is -0.462 e. The Balaban J connectivity index is 2.08. The van der Waals surface area contributed by atoms with Crippen molar-refractivity contribution in [3.63, 3.8) is 0 Å². The average Bonchev–Trinajstić information content (AvgIpc) is 2.26. The highest BCUT2D eigenvalue weighted by molar-refractivity contribution is 5.73. The molecular formula is C11H18O2. The van der Waals surface area contributed by atoms with Crippen LogP contribution in [0.1, 0.15) is 45.4 Å². The van der Waals surface area contributed by atoms with Gasteiger partial charge in [-0.25, -0.2) is 0 Å². The molecule has 1 aliphatic carbocycles. The first kappa shape index (κ1) is 9.04. The van der Waals surface area contributed by atoms with E-state index in [1.165, 1.54) is 12.8 Å². The van der Waals surface area contributed by atoms with Crippen LogP contribution >= 0.6 is 0 Å². The molecule has 2 rings (SSSR count). The summed E-state index contributed by atoms with van der Waals surface area (Å²) in [7, 11) is 0. The van der Waals surface area contributed by atoms with Crippen LogP contribution in [0.3, 0.4) is 0 Å². The molecule has 2 heteroatoms. The molecule has 0 amide bonds. The molecule has 0 spiro atoms. The maximum atomic E-state index is 11.6. The Morgan fingerprint density at radius 3 is 3.00 bits per heavy atom. The summed E-state index contributed by atoms with van der Waals surface area (Å²) in [6.45, 7) is 2.10. The number of rotatable bonds is 1. The number of ether oxygens (including phenoxy) is 1. The summed E-state index contributed by atoms with van der Waals surface area (Å²) < 4.78 is 5.44. The fourth-order valence-electron chi connectivity index (χ4n) is 2.65. The topological polar surface area (TPSA) is 26.3 Å². The van der Waals surface area contributed by atoms with Gasteiger partial charge in [-0.3, -0.25) is 4.79 Å². The molecule has 1 saturated heterocycles. The van der Waals surface area contributed by atoms with Crippen molar-refractivity contribution in [2.75, 3.05) is 0 Å². The maximum absolute atomic E-state index is 11.6. The Morgan fingerprint density at radius 2 is 2.23 bits per heavy atom. The molecule has 1 saturated carbocycles. The number of carbonyl (C=O) groups is 1. The van der Waals surface area contributed by atoms with Crippen molar-refractivity contribution in [2.45, 2.75) is 51.6 Å². The van der Waals surface area contributed by atoms with Crippen LogP contribution in [0.2, 0.25) is 0 Å². The molecule has 2 aliphatic rings. The van der Waals surface area contributed by atoms with Gasteiger partial charge in [-0.15, -0.1) is 0 Å². The summed E-state index contributed by atoms with van der Waals surface area (Å²) in [6.07, 6.45) is 6.99. The lowest BCUT2D eigenvalue weighted by Crippen LogP contribution is -2.21. The number of hydrogen-bond acceptors (Lipinski definition) is 2. The van der Waals surface area contributed by atoms with Crippen LogP contribution in [0.25, 0.3) is 0 Å². The minimum absolute atomic E-state index is 0.0778. The van der Waals surface area contributed by atoms with E-state index in [-0.39, 0.29) is 18.0 Å². The molecule has 0 N–H and O–H groups in total. The predicted molar refractivity (Wildman–Crippen MR) is 50.2 cm³/mol. The van der Waals surface area contributed by atoms with Crippen molar-refractivity contribution in [3.05, 3.63) is 0 Å². The monoisotopic (exact) mass is 182 g/mol. The van der Waals surface area contributed by atoms with Crippen molar-refractivity contribution in [3.8, 4) is 0 Å². The fourth-order valence-corrected chi connectivity index (χ4v) is 2.65. The summed E-state index contributed by atoms with van der Waals surface area (Å²) in [5, 5.41) is 0. The Hall–Kier alpha value is -0.530.